The van der Waals surface area contributed by atoms with E-state index in [0.717, 1.165) is 29.3 Å². The smallest absolute Gasteiger partial charge is 0.337 e. The van der Waals surface area contributed by atoms with E-state index in [-0.39, 0.29) is 11.8 Å². The van der Waals surface area contributed by atoms with Crippen molar-refractivity contribution in [1.82, 2.24) is 4.98 Å². The molecule has 1 N–H and O–H groups in total. The number of aromatic amines is 1. The molecule has 0 bridgehead atoms. The number of aryl methyl sites for hydroxylation is 1. The Morgan fingerprint density at radius 2 is 2.17 bits per heavy atom. The molecule has 1 aliphatic carbocycles. The van der Waals surface area contributed by atoms with Crippen LogP contribution in [0.15, 0.2) is 18.2 Å². The van der Waals surface area contributed by atoms with Gasteiger partial charge in [0.05, 0.1) is 18.4 Å². The third-order valence-electron chi connectivity index (χ3n) is 3.44. The minimum absolute atomic E-state index is 0.159. The normalized spacial score (nSPS) is 14.6. The number of fused-ring (bicyclic) bond motifs is 3. The Bertz CT molecular complexity index is 654. The molecule has 0 atom stereocenters. The van der Waals surface area contributed by atoms with E-state index in [1.165, 1.54) is 7.11 Å². The quantitative estimate of drug-likeness (QED) is 0.783. The summed E-state index contributed by atoms with van der Waals surface area (Å²) in [6.45, 7) is 0. The van der Waals surface area contributed by atoms with Crippen LogP contribution in [-0.2, 0) is 11.2 Å². The average molecular weight is 243 g/mol. The maximum absolute atomic E-state index is 11.8. The highest BCUT2D eigenvalue weighted by Crippen LogP contribution is 2.29. The van der Waals surface area contributed by atoms with Gasteiger partial charge in [-0.05, 0) is 36.6 Å². The SMILES string of the molecule is COC(=O)c1ccc2[nH]c3c(c2c1)CCCC3=O. The first-order valence-corrected chi connectivity index (χ1v) is 5.97. The van der Waals surface area contributed by atoms with Crippen LogP contribution in [0.1, 0.15) is 39.3 Å². The molecule has 0 saturated carbocycles. The number of esters is 1. The van der Waals surface area contributed by atoms with Crippen molar-refractivity contribution in [3.63, 3.8) is 0 Å². The summed E-state index contributed by atoms with van der Waals surface area (Å²) in [7, 11) is 1.36. The largest absolute Gasteiger partial charge is 0.465 e. The van der Waals surface area contributed by atoms with Gasteiger partial charge in [-0.15, -0.1) is 0 Å². The number of carbonyl (C=O) groups is 2. The summed E-state index contributed by atoms with van der Waals surface area (Å²) in [5.41, 5.74) is 3.16. The Labute approximate surface area is 104 Å². The number of carbonyl (C=O) groups excluding carboxylic acids is 2. The molecular weight excluding hydrogens is 230 g/mol. The van der Waals surface area contributed by atoms with Gasteiger partial charge in [-0.25, -0.2) is 4.79 Å². The van der Waals surface area contributed by atoms with Gasteiger partial charge in [0.15, 0.2) is 5.78 Å². The van der Waals surface area contributed by atoms with E-state index in [4.69, 9.17) is 4.74 Å². The number of hydrogen-bond donors (Lipinski definition) is 1. The Kier molecular flexibility index (Phi) is 2.44. The van der Waals surface area contributed by atoms with Crippen molar-refractivity contribution < 1.29 is 14.3 Å². The predicted octanol–water partition coefficient (Wildman–Crippen LogP) is 2.47. The second kappa shape index (κ2) is 3.98. The molecule has 92 valence electrons. The molecule has 0 radical (unpaired) electrons. The number of ether oxygens (including phenoxy) is 1. The molecule has 0 aliphatic heterocycles. The number of rotatable bonds is 1. The highest BCUT2D eigenvalue weighted by atomic mass is 16.5. The second-order valence-electron chi connectivity index (χ2n) is 4.51. The molecule has 0 amide bonds. The van der Waals surface area contributed by atoms with Crippen LogP contribution in [-0.4, -0.2) is 23.8 Å². The zero-order valence-electron chi connectivity index (χ0n) is 10.1. The summed E-state index contributed by atoms with van der Waals surface area (Å²) < 4.78 is 4.71. The molecule has 1 aromatic heterocycles. The number of methoxy groups -OCH3 is 1. The van der Waals surface area contributed by atoms with Crippen molar-refractivity contribution in [1.29, 1.82) is 0 Å². The number of H-pyrrole nitrogens is 1. The van der Waals surface area contributed by atoms with Gasteiger partial charge in [0.2, 0.25) is 0 Å². The van der Waals surface area contributed by atoms with Gasteiger partial charge in [-0.1, -0.05) is 0 Å². The average Bonchev–Trinajstić information content (AvgIpc) is 2.77. The summed E-state index contributed by atoms with van der Waals surface area (Å²) in [6, 6.07) is 5.34. The number of aromatic nitrogens is 1. The zero-order valence-corrected chi connectivity index (χ0v) is 10.1. The molecule has 1 aliphatic rings. The second-order valence-corrected chi connectivity index (χ2v) is 4.51. The molecule has 2 aromatic rings. The molecule has 1 aromatic carbocycles. The van der Waals surface area contributed by atoms with Gasteiger partial charge < -0.3 is 9.72 Å². The van der Waals surface area contributed by atoms with Crippen molar-refractivity contribution in [2.45, 2.75) is 19.3 Å². The van der Waals surface area contributed by atoms with Crippen LogP contribution >= 0.6 is 0 Å². The van der Waals surface area contributed by atoms with E-state index in [1.807, 2.05) is 6.07 Å². The summed E-state index contributed by atoms with van der Waals surface area (Å²) in [5.74, 6) is -0.193. The summed E-state index contributed by atoms with van der Waals surface area (Å²) >= 11 is 0. The van der Waals surface area contributed by atoms with Crippen molar-refractivity contribution >= 4 is 22.7 Å². The lowest BCUT2D eigenvalue weighted by molar-refractivity contribution is 0.0601. The maximum atomic E-state index is 11.8. The van der Waals surface area contributed by atoms with Crippen LogP contribution in [0, 0.1) is 0 Å². The fourth-order valence-electron chi connectivity index (χ4n) is 2.54. The fraction of sp³-hybridized carbons (Fsp3) is 0.286. The minimum Gasteiger partial charge on any atom is -0.465 e. The Morgan fingerprint density at radius 3 is 2.94 bits per heavy atom. The van der Waals surface area contributed by atoms with Gasteiger partial charge >= 0.3 is 5.97 Å². The lowest BCUT2D eigenvalue weighted by atomic mass is 9.94. The first kappa shape index (κ1) is 11.0. The van der Waals surface area contributed by atoms with Gasteiger partial charge in [-0.3, -0.25) is 4.79 Å². The van der Waals surface area contributed by atoms with Gasteiger partial charge in [0.25, 0.3) is 0 Å². The number of hydrogen-bond acceptors (Lipinski definition) is 3. The van der Waals surface area contributed by atoms with E-state index in [0.29, 0.717) is 17.7 Å². The standard InChI is InChI=1S/C14H13NO3/c1-18-14(17)8-5-6-11-10(7-8)9-3-2-4-12(16)13(9)15-11/h5-7,15H,2-4H2,1H3. The molecule has 0 unspecified atom stereocenters. The summed E-state index contributed by atoms with van der Waals surface area (Å²) in [4.78, 5) is 26.5. The molecule has 0 saturated heterocycles. The highest BCUT2D eigenvalue weighted by molar-refractivity contribution is 6.04. The van der Waals surface area contributed by atoms with Crippen LogP contribution in [0.5, 0.6) is 0 Å². The molecule has 3 rings (SSSR count). The van der Waals surface area contributed by atoms with E-state index in [1.54, 1.807) is 12.1 Å². The fourth-order valence-corrected chi connectivity index (χ4v) is 2.54. The molecule has 0 spiro atoms. The molecule has 18 heavy (non-hydrogen) atoms. The molecule has 0 fully saturated rings. The number of Topliss-reactive ketones (excluding diaryl/α,β-unsaturated/α-hetero) is 1. The van der Waals surface area contributed by atoms with E-state index in [2.05, 4.69) is 4.98 Å². The van der Waals surface area contributed by atoms with Crippen LogP contribution < -0.4 is 0 Å². The minimum atomic E-state index is -0.353. The van der Waals surface area contributed by atoms with Gasteiger partial charge in [0, 0.05) is 17.3 Å². The third kappa shape index (κ3) is 1.53. The van der Waals surface area contributed by atoms with E-state index < -0.39 is 0 Å². The molecule has 4 nitrogen and oxygen atoms in total. The maximum Gasteiger partial charge on any atom is 0.337 e. The lowest BCUT2D eigenvalue weighted by Gasteiger charge is -2.09. The van der Waals surface area contributed by atoms with E-state index in [9.17, 15) is 9.59 Å². The highest BCUT2D eigenvalue weighted by Gasteiger charge is 2.22. The molecule has 1 heterocycles. The Balaban J connectivity index is 2.21. The van der Waals surface area contributed by atoms with Gasteiger partial charge in [0.1, 0.15) is 0 Å². The van der Waals surface area contributed by atoms with Crippen molar-refractivity contribution in [2.75, 3.05) is 7.11 Å². The Morgan fingerprint density at radius 1 is 1.33 bits per heavy atom. The topological polar surface area (TPSA) is 59.2 Å². The van der Waals surface area contributed by atoms with E-state index >= 15 is 0 Å². The van der Waals surface area contributed by atoms with Crippen molar-refractivity contribution in [3.05, 3.63) is 35.0 Å². The lowest BCUT2D eigenvalue weighted by Crippen LogP contribution is -2.09. The van der Waals surface area contributed by atoms with Crippen molar-refractivity contribution in [3.8, 4) is 0 Å². The first-order valence-electron chi connectivity index (χ1n) is 5.97. The summed E-state index contributed by atoms with van der Waals surface area (Å²) in [6.07, 6.45) is 2.36. The Hall–Kier alpha value is -2.10. The third-order valence-corrected chi connectivity index (χ3v) is 3.44. The van der Waals surface area contributed by atoms with Crippen molar-refractivity contribution in [2.24, 2.45) is 0 Å². The van der Waals surface area contributed by atoms with Crippen LogP contribution in [0.25, 0.3) is 10.9 Å². The predicted molar refractivity (Wildman–Crippen MR) is 66.9 cm³/mol. The summed E-state index contributed by atoms with van der Waals surface area (Å²) in [5, 5.41) is 0.959. The van der Waals surface area contributed by atoms with Crippen LogP contribution in [0.4, 0.5) is 0 Å². The number of benzene rings is 1. The number of ketones is 1. The van der Waals surface area contributed by atoms with Gasteiger partial charge in [-0.2, -0.15) is 0 Å². The number of nitrogens with one attached hydrogen (secondary N) is 1. The van der Waals surface area contributed by atoms with Crippen LogP contribution in [0.2, 0.25) is 0 Å². The first-order chi connectivity index (χ1) is 8.70. The zero-order chi connectivity index (χ0) is 12.7. The molecular formula is C14H13NO3. The monoisotopic (exact) mass is 243 g/mol. The van der Waals surface area contributed by atoms with Crippen LogP contribution in [0.3, 0.4) is 0 Å². The molecule has 4 heteroatoms.